The van der Waals surface area contributed by atoms with Crippen molar-refractivity contribution in [2.75, 3.05) is 0 Å². The van der Waals surface area contributed by atoms with Gasteiger partial charge in [-0.15, -0.1) is 0 Å². The zero-order valence-corrected chi connectivity index (χ0v) is 15.3. The lowest BCUT2D eigenvalue weighted by Crippen LogP contribution is -2.21. The fraction of sp³-hybridized carbons (Fsp3) is 0.318. The van der Waals surface area contributed by atoms with Crippen LogP contribution in [0.4, 0.5) is 0 Å². The number of nitrogens with zero attached hydrogens (tertiary/aromatic N) is 1. The van der Waals surface area contributed by atoms with Crippen LogP contribution in [0.15, 0.2) is 53.5 Å². The molecule has 0 bridgehead atoms. The predicted molar refractivity (Wildman–Crippen MR) is 108 cm³/mol. The van der Waals surface area contributed by atoms with E-state index < -0.39 is 5.54 Å². The Bertz CT molecular complexity index is 755. The fourth-order valence-corrected chi connectivity index (χ4v) is 3.15. The Morgan fingerprint density at radius 1 is 1.12 bits per heavy atom. The standard InChI is InChI=1S/C22H27N3O/c1-22(13-14-26,25-17-24)21-12-11-19(20(15-21)16-23)10-6-5-9-18-7-3-2-4-8-18/h2-4,7-8,11-12,14-17,23H,5-6,9-10,13H2,1H3,(H2,24,25)/t22-/m0/s1. The lowest BCUT2D eigenvalue weighted by atomic mass is 9.87. The maximum absolute atomic E-state index is 11.0. The molecule has 26 heavy (non-hydrogen) atoms. The van der Waals surface area contributed by atoms with E-state index in [0.29, 0.717) is 0 Å². The number of nitrogens with two attached hydrogens (primary N) is 1. The number of benzene rings is 2. The van der Waals surface area contributed by atoms with Crippen LogP contribution in [0.25, 0.3) is 0 Å². The van der Waals surface area contributed by atoms with Crippen LogP contribution in [0.5, 0.6) is 0 Å². The molecule has 2 rings (SSSR count). The van der Waals surface area contributed by atoms with Gasteiger partial charge in [0.1, 0.15) is 6.29 Å². The molecule has 0 aliphatic carbocycles. The Kier molecular flexibility index (Phi) is 7.27. The molecule has 0 saturated heterocycles. The van der Waals surface area contributed by atoms with E-state index in [0.717, 1.165) is 48.7 Å². The highest BCUT2D eigenvalue weighted by Crippen LogP contribution is 2.30. The van der Waals surface area contributed by atoms with E-state index in [1.165, 1.54) is 18.1 Å². The third-order valence-electron chi connectivity index (χ3n) is 4.77. The van der Waals surface area contributed by atoms with Gasteiger partial charge in [-0.25, -0.2) is 0 Å². The third kappa shape index (κ3) is 5.12. The van der Waals surface area contributed by atoms with Crippen molar-refractivity contribution in [1.82, 2.24) is 0 Å². The summed E-state index contributed by atoms with van der Waals surface area (Å²) in [5.41, 5.74) is 9.08. The summed E-state index contributed by atoms with van der Waals surface area (Å²) in [6, 6.07) is 16.5. The van der Waals surface area contributed by atoms with Gasteiger partial charge in [-0.1, -0.05) is 42.5 Å². The zero-order chi connectivity index (χ0) is 18.8. The summed E-state index contributed by atoms with van der Waals surface area (Å²) >= 11 is 0. The van der Waals surface area contributed by atoms with E-state index in [9.17, 15) is 4.79 Å². The van der Waals surface area contributed by atoms with Crippen molar-refractivity contribution < 1.29 is 4.79 Å². The molecule has 1 atom stereocenters. The van der Waals surface area contributed by atoms with E-state index in [1.54, 1.807) is 0 Å². The van der Waals surface area contributed by atoms with Gasteiger partial charge in [0.15, 0.2) is 0 Å². The number of nitrogens with one attached hydrogen (secondary N) is 1. The second-order valence-electron chi connectivity index (χ2n) is 6.67. The molecule has 0 unspecified atom stereocenters. The van der Waals surface area contributed by atoms with Gasteiger partial charge in [0.25, 0.3) is 0 Å². The molecular weight excluding hydrogens is 322 g/mol. The van der Waals surface area contributed by atoms with Crippen LogP contribution in [0.3, 0.4) is 0 Å². The summed E-state index contributed by atoms with van der Waals surface area (Å²) in [5.74, 6) is 0. The van der Waals surface area contributed by atoms with Crippen molar-refractivity contribution in [3.63, 3.8) is 0 Å². The van der Waals surface area contributed by atoms with Gasteiger partial charge in [-0.05, 0) is 60.9 Å². The summed E-state index contributed by atoms with van der Waals surface area (Å²) < 4.78 is 0. The van der Waals surface area contributed by atoms with Crippen LogP contribution in [0, 0.1) is 5.41 Å². The van der Waals surface area contributed by atoms with Gasteiger partial charge < -0.3 is 15.9 Å². The van der Waals surface area contributed by atoms with Gasteiger partial charge in [0, 0.05) is 12.6 Å². The second kappa shape index (κ2) is 9.66. The van der Waals surface area contributed by atoms with Crippen LogP contribution < -0.4 is 5.73 Å². The Morgan fingerprint density at radius 3 is 2.50 bits per heavy atom. The molecule has 0 radical (unpaired) electrons. The van der Waals surface area contributed by atoms with E-state index in [4.69, 9.17) is 11.1 Å². The van der Waals surface area contributed by atoms with Crippen LogP contribution in [-0.2, 0) is 23.2 Å². The van der Waals surface area contributed by atoms with E-state index in [1.807, 2.05) is 31.2 Å². The number of hydrogen-bond donors (Lipinski definition) is 2. The fourth-order valence-electron chi connectivity index (χ4n) is 3.15. The average molecular weight is 349 g/mol. The maximum Gasteiger partial charge on any atom is 0.122 e. The lowest BCUT2D eigenvalue weighted by molar-refractivity contribution is -0.108. The summed E-state index contributed by atoms with van der Waals surface area (Å²) in [7, 11) is 0. The molecule has 2 aromatic carbocycles. The molecule has 2 aromatic rings. The molecule has 0 aliphatic rings. The third-order valence-corrected chi connectivity index (χ3v) is 4.77. The molecule has 3 N–H and O–H groups in total. The second-order valence-corrected chi connectivity index (χ2v) is 6.67. The Hall–Kier alpha value is -2.75. The van der Waals surface area contributed by atoms with E-state index in [-0.39, 0.29) is 6.42 Å². The topological polar surface area (TPSA) is 79.3 Å². The Labute approximate surface area is 155 Å². The molecule has 0 fully saturated rings. The maximum atomic E-state index is 11.0. The number of carbonyl (C=O) groups is 1. The molecule has 4 nitrogen and oxygen atoms in total. The summed E-state index contributed by atoms with van der Waals surface area (Å²) in [4.78, 5) is 15.3. The molecule has 0 aliphatic heterocycles. The smallest absolute Gasteiger partial charge is 0.122 e. The molecule has 0 saturated carbocycles. The summed E-state index contributed by atoms with van der Waals surface area (Å²) in [6.07, 6.45) is 7.92. The quantitative estimate of drug-likeness (QED) is 0.294. The first-order valence-corrected chi connectivity index (χ1v) is 9.00. The normalized spacial score (nSPS) is 13.4. The SMILES string of the molecule is C[C@@](CC=O)(N=CN)c1ccc(CCCCc2ccccc2)c(C=N)c1. The first-order valence-electron chi connectivity index (χ1n) is 9.00. The average Bonchev–Trinajstić information content (AvgIpc) is 2.66. The Morgan fingerprint density at radius 2 is 1.85 bits per heavy atom. The summed E-state index contributed by atoms with van der Waals surface area (Å²) in [6.45, 7) is 1.88. The van der Waals surface area contributed by atoms with Crippen molar-refractivity contribution in [3.05, 3.63) is 70.8 Å². The predicted octanol–water partition coefficient (Wildman–Crippen LogP) is 4.04. The minimum Gasteiger partial charge on any atom is -0.390 e. The van der Waals surface area contributed by atoms with Crippen molar-refractivity contribution in [2.45, 2.75) is 44.6 Å². The number of rotatable bonds is 10. The van der Waals surface area contributed by atoms with Crippen molar-refractivity contribution >= 4 is 18.8 Å². The van der Waals surface area contributed by atoms with Gasteiger partial charge in [-0.2, -0.15) is 0 Å². The van der Waals surface area contributed by atoms with Crippen molar-refractivity contribution in [2.24, 2.45) is 10.7 Å². The van der Waals surface area contributed by atoms with Crippen molar-refractivity contribution in [3.8, 4) is 0 Å². The minimum absolute atomic E-state index is 0.258. The van der Waals surface area contributed by atoms with Gasteiger partial charge in [0.05, 0.1) is 11.9 Å². The number of aldehydes is 1. The van der Waals surface area contributed by atoms with Gasteiger partial charge >= 0.3 is 0 Å². The van der Waals surface area contributed by atoms with Gasteiger partial charge in [-0.3, -0.25) is 4.99 Å². The lowest BCUT2D eigenvalue weighted by Gasteiger charge is -2.24. The first kappa shape index (κ1) is 19.6. The minimum atomic E-state index is -0.680. The first-order chi connectivity index (χ1) is 12.6. The van der Waals surface area contributed by atoms with Gasteiger partial charge in [0.2, 0.25) is 0 Å². The molecule has 136 valence electrons. The van der Waals surface area contributed by atoms with E-state index >= 15 is 0 Å². The van der Waals surface area contributed by atoms with Crippen LogP contribution in [0.1, 0.15) is 48.4 Å². The molecule has 4 heteroatoms. The highest BCUT2D eigenvalue weighted by atomic mass is 16.1. The largest absolute Gasteiger partial charge is 0.390 e. The molecule has 0 amide bonds. The molecule has 0 aromatic heterocycles. The summed E-state index contributed by atoms with van der Waals surface area (Å²) in [5, 5.41) is 7.75. The zero-order valence-electron chi connectivity index (χ0n) is 15.3. The van der Waals surface area contributed by atoms with Crippen LogP contribution in [0.2, 0.25) is 0 Å². The number of unbranched alkanes of at least 4 members (excludes halogenated alkanes) is 1. The van der Waals surface area contributed by atoms with Crippen LogP contribution in [-0.4, -0.2) is 18.8 Å². The molecular formula is C22H27N3O. The number of carbonyl (C=O) groups excluding carboxylic acids is 1. The number of aliphatic imine (C=N–C) groups is 1. The number of aryl methyl sites for hydroxylation is 2. The Balaban J connectivity index is 2.05. The highest BCUT2D eigenvalue weighted by Gasteiger charge is 2.25. The monoisotopic (exact) mass is 349 g/mol. The highest BCUT2D eigenvalue weighted by molar-refractivity contribution is 5.80. The molecule has 0 spiro atoms. The van der Waals surface area contributed by atoms with Crippen molar-refractivity contribution in [1.29, 1.82) is 5.41 Å². The van der Waals surface area contributed by atoms with Crippen LogP contribution >= 0.6 is 0 Å². The van der Waals surface area contributed by atoms with E-state index in [2.05, 4.69) is 29.3 Å². The number of hydrogen-bond acceptors (Lipinski definition) is 3. The molecule has 0 heterocycles.